The van der Waals surface area contributed by atoms with E-state index in [0.717, 1.165) is 44.0 Å². The van der Waals surface area contributed by atoms with Gasteiger partial charge in [-0.15, -0.1) is 0 Å². The van der Waals surface area contributed by atoms with Gasteiger partial charge in [0.05, 0.1) is 0 Å². The molecule has 0 atom stereocenters. The summed E-state index contributed by atoms with van der Waals surface area (Å²) >= 11 is 0. The van der Waals surface area contributed by atoms with Crippen molar-refractivity contribution in [2.24, 2.45) is 5.92 Å². The number of aryl methyl sites for hydroxylation is 1. The molecule has 2 aliphatic rings. The first-order valence-electron chi connectivity index (χ1n) is 9.83. The van der Waals surface area contributed by atoms with Crippen molar-refractivity contribution in [3.8, 4) is 5.88 Å². The van der Waals surface area contributed by atoms with Gasteiger partial charge < -0.3 is 9.64 Å². The third-order valence-corrected chi connectivity index (χ3v) is 5.56. The Morgan fingerprint density at radius 3 is 2.72 bits per heavy atom. The van der Waals surface area contributed by atoms with Crippen molar-refractivity contribution < 1.29 is 13.5 Å². The lowest BCUT2D eigenvalue weighted by Crippen LogP contribution is -2.32. The van der Waals surface area contributed by atoms with Gasteiger partial charge in [-0.3, -0.25) is 0 Å². The molecule has 0 unspecified atom stereocenters. The lowest BCUT2D eigenvalue weighted by molar-refractivity contribution is 0.0794. The van der Waals surface area contributed by atoms with E-state index in [1.165, 1.54) is 50.6 Å². The van der Waals surface area contributed by atoms with Crippen molar-refractivity contribution in [1.82, 2.24) is 9.88 Å². The molecule has 0 bridgehead atoms. The first-order chi connectivity index (χ1) is 12.2. The predicted molar refractivity (Wildman–Crippen MR) is 95.4 cm³/mol. The molecule has 140 valence electrons. The van der Waals surface area contributed by atoms with Crippen LogP contribution in [0.25, 0.3) is 0 Å². The summed E-state index contributed by atoms with van der Waals surface area (Å²) in [5, 5.41) is 0. The molecule has 1 aliphatic heterocycles. The zero-order valence-electron chi connectivity index (χ0n) is 15.1. The lowest BCUT2D eigenvalue weighted by Gasteiger charge is -2.28. The van der Waals surface area contributed by atoms with Crippen LogP contribution in [0.2, 0.25) is 0 Å². The van der Waals surface area contributed by atoms with Gasteiger partial charge >= 0.3 is 0 Å². The maximum atomic E-state index is 12.3. The van der Waals surface area contributed by atoms with E-state index in [9.17, 15) is 8.78 Å². The average Bonchev–Trinajstić information content (AvgIpc) is 2.61. The molecule has 1 aliphatic carbocycles. The van der Waals surface area contributed by atoms with E-state index in [1.807, 2.05) is 6.07 Å². The number of alkyl halides is 2. The van der Waals surface area contributed by atoms with Crippen LogP contribution >= 0.6 is 0 Å². The molecule has 0 amide bonds. The second kappa shape index (κ2) is 9.46. The van der Waals surface area contributed by atoms with Gasteiger partial charge in [0.2, 0.25) is 5.88 Å². The maximum Gasteiger partial charge on any atom is 0.272 e. The summed E-state index contributed by atoms with van der Waals surface area (Å²) in [6.45, 7) is 2.80. The highest BCUT2D eigenvalue weighted by Crippen LogP contribution is 2.27. The number of fused-ring (bicyclic) bond motifs is 1. The summed E-state index contributed by atoms with van der Waals surface area (Å²) in [5.74, 6) is 1.26. The second-order valence-corrected chi connectivity index (χ2v) is 7.45. The van der Waals surface area contributed by atoms with Gasteiger partial charge in [0.1, 0.15) is 0 Å². The Bertz CT molecular complexity index is 532. The van der Waals surface area contributed by atoms with E-state index in [-0.39, 0.29) is 0 Å². The fourth-order valence-corrected chi connectivity index (χ4v) is 4.11. The monoisotopic (exact) mass is 352 g/mol. The van der Waals surface area contributed by atoms with Crippen LogP contribution in [0, 0.1) is 5.92 Å². The zero-order chi connectivity index (χ0) is 17.5. The molecule has 1 fully saturated rings. The van der Waals surface area contributed by atoms with Gasteiger partial charge in [-0.25, -0.2) is 13.8 Å². The van der Waals surface area contributed by atoms with E-state index >= 15 is 0 Å². The summed E-state index contributed by atoms with van der Waals surface area (Å²) in [7, 11) is 0. The molecule has 0 aromatic carbocycles. The normalized spacial score (nSPS) is 20.1. The first kappa shape index (κ1) is 18.6. The highest BCUT2D eigenvalue weighted by atomic mass is 19.3. The summed E-state index contributed by atoms with van der Waals surface area (Å²) in [6, 6.07) is 3.74. The molecule has 3 nitrogen and oxygen atoms in total. The van der Waals surface area contributed by atoms with Crippen molar-refractivity contribution in [2.45, 2.75) is 64.2 Å². The molecule has 0 saturated heterocycles. The Kier molecular flexibility index (Phi) is 7.02. The maximum absolute atomic E-state index is 12.3. The summed E-state index contributed by atoms with van der Waals surface area (Å²) in [4.78, 5) is 7.05. The summed E-state index contributed by atoms with van der Waals surface area (Å²) < 4.78 is 29.6. The first-order valence-corrected chi connectivity index (χ1v) is 9.83. The minimum atomic E-state index is -2.46. The van der Waals surface area contributed by atoms with Crippen molar-refractivity contribution in [1.29, 1.82) is 0 Å². The van der Waals surface area contributed by atoms with Crippen LogP contribution in [-0.4, -0.2) is 42.6 Å². The standard InChI is InChI=1S/C20H30F2N2O/c21-19(22)15-25-20-9-8-17-11-14-24(12-4-7-18(17)23-20)13-10-16-5-2-1-3-6-16/h8-9,16,19H,1-7,10-15H2. The Labute approximate surface area is 149 Å². The van der Waals surface area contributed by atoms with Crippen LogP contribution in [0.4, 0.5) is 8.78 Å². The molecule has 1 aromatic heterocycles. The number of ether oxygens (including phenoxy) is 1. The van der Waals surface area contributed by atoms with Gasteiger partial charge in [0, 0.05) is 18.3 Å². The number of nitrogens with zero attached hydrogens (tertiary/aromatic N) is 2. The molecular formula is C20H30F2N2O. The van der Waals surface area contributed by atoms with Crippen molar-refractivity contribution >= 4 is 0 Å². The molecular weight excluding hydrogens is 322 g/mol. The largest absolute Gasteiger partial charge is 0.472 e. The highest BCUT2D eigenvalue weighted by molar-refractivity contribution is 5.27. The third-order valence-electron chi connectivity index (χ3n) is 5.56. The number of hydrogen-bond acceptors (Lipinski definition) is 3. The van der Waals surface area contributed by atoms with Crippen molar-refractivity contribution in [3.63, 3.8) is 0 Å². The van der Waals surface area contributed by atoms with Crippen LogP contribution in [0.15, 0.2) is 12.1 Å². The third kappa shape index (κ3) is 5.91. The SMILES string of the molecule is FC(F)COc1ccc2c(n1)CCCN(CCC1CCCCC1)CC2. The molecule has 0 radical (unpaired) electrons. The Balaban J connectivity index is 1.50. The van der Waals surface area contributed by atoms with E-state index in [1.54, 1.807) is 6.07 Å². The second-order valence-electron chi connectivity index (χ2n) is 7.45. The fourth-order valence-electron chi connectivity index (χ4n) is 4.11. The molecule has 25 heavy (non-hydrogen) atoms. The summed E-state index contributed by atoms with van der Waals surface area (Å²) in [6.07, 6.45) is 8.94. The number of aromatic nitrogens is 1. The number of halogens is 2. The van der Waals surface area contributed by atoms with Crippen LogP contribution in [0.5, 0.6) is 5.88 Å². The van der Waals surface area contributed by atoms with Crippen LogP contribution in [0.3, 0.4) is 0 Å². The van der Waals surface area contributed by atoms with Crippen molar-refractivity contribution in [2.75, 3.05) is 26.2 Å². The average molecular weight is 352 g/mol. The Morgan fingerprint density at radius 1 is 1.08 bits per heavy atom. The molecule has 2 heterocycles. The zero-order valence-corrected chi connectivity index (χ0v) is 15.1. The number of rotatable bonds is 6. The van der Waals surface area contributed by atoms with E-state index in [4.69, 9.17) is 4.74 Å². The minimum absolute atomic E-state index is 0.328. The van der Waals surface area contributed by atoms with Crippen LogP contribution in [0.1, 0.15) is 56.2 Å². The van der Waals surface area contributed by atoms with E-state index in [0.29, 0.717) is 5.88 Å². The molecule has 0 N–H and O–H groups in total. The molecule has 5 heteroatoms. The molecule has 3 rings (SSSR count). The van der Waals surface area contributed by atoms with E-state index in [2.05, 4.69) is 9.88 Å². The van der Waals surface area contributed by atoms with Crippen molar-refractivity contribution in [3.05, 3.63) is 23.4 Å². The van der Waals surface area contributed by atoms with Gasteiger partial charge in [-0.2, -0.15) is 0 Å². The van der Waals surface area contributed by atoms with Gasteiger partial charge in [-0.05, 0) is 50.3 Å². The van der Waals surface area contributed by atoms with Gasteiger partial charge in [0.15, 0.2) is 6.61 Å². The Morgan fingerprint density at radius 2 is 1.92 bits per heavy atom. The predicted octanol–water partition coefficient (Wildman–Crippen LogP) is 4.49. The molecule has 0 spiro atoms. The fraction of sp³-hybridized carbons (Fsp3) is 0.750. The lowest BCUT2D eigenvalue weighted by atomic mass is 9.87. The summed E-state index contributed by atoms with van der Waals surface area (Å²) in [5.41, 5.74) is 2.27. The number of pyridine rings is 1. The van der Waals surface area contributed by atoms with Crippen LogP contribution < -0.4 is 4.74 Å². The topological polar surface area (TPSA) is 25.4 Å². The highest BCUT2D eigenvalue weighted by Gasteiger charge is 2.18. The minimum Gasteiger partial charge on any atom is -0.472 e. The van der Waals surface area contributed by atoms with Crippen LogP contribution in [-0.2, 0) is 12.8 Å². The van der Waals surface area contributed by atoms with E-state index < -0.39 is 13.0 Å². The quantitative estimate of drug-likeness (QED) is 0.754. The molecule has 1 aromatic rings. The molecule has 1 saturated carbocycles. The van der Waals surface area contributed by atoms with Gasteiger partial charge in [-0.1, -0.05) is 38.2 Å². The van der Waals surface area contributed by atoms with Gasteiger partial charge in [0.25, 0.3) is 6.43 Å². The smallest absolute Gasteiger partial charge is 0.272 e. The number of hydrogen-bond donors (Lipinski definition) is 0. The Hall–Kier alpha value is -1.23.